The number of hydrogen-bond acceptors (Lipinski definition) is 3. The number of benzene rings is 1. The summed E-state index contributed by atoms with van der Waals surface area (Å²) in [6.45, 7) is 0. The molecule has 0 saturated carbocycles. The summed E-state index contributed by atoms with van der Waals surface area (Å²) in [7, 11) is 0. The molecular formula is C21H15Cl2F2N5. The standard InChI is InChI=1S/C21H13F2N5.2ClH/c22-15-4-3-5-16(23)20(15)21-14(10-26-27-21)13-7-8-19-25-11-18(28(19)12-13)17-6-1-2-9-24-17;;/h1-12H,(H,26,27);2*1H. The Labute approximate surface area is 182 Å². The number of imidazole rings is 1. The second kappa shape index (κ2) is 8.61. The molecule has 9 heteroatoms. The summed E-state index contributed by atoms with van der Waals surface area (Å²) in [5.74, 6) is -1.32. The summed E-state index contributed by atoms with van der Waals surface area (Å²) in [5, 5.41) is 6.81. The van der Waals surface area contributed by atoms with Gasteiger partial charge in [0.2, 0.25) is 0 Å². The van der Waals surface area contributed by atoms with Gasteiger partial charge in [-0.1, -0.05) is 12.1 Å². The van der Waals surface area contributed by atoms with Gasteiger partial charge < -0.3 is 0 Å². The van der Waals surface area contributed by atoms with Gasteiger partial charge in [0, 0.05) is 29.7 Å². The molecule has 5 aromatic rings. The second-order valence-electron chi connectivity index (χ2n) is 6.25. The van der Waals surface area contributed by atoms with Gasteiger partial charge in [0.05, 0.1) is 23.1 Å². The van der Waals surface area contributed by atoms with Crippen molar-refractivity contribution in [1.82, 2.24) is 24.6 Å². The van der Waals surface area contributed by atoms with Crippen molar-refractivity contribution in [3.05, 3.63) is 85.0 Å². The first-order valence-corrected chi connectivity index (χ1v) is 8.59. The molecule has 4 heterocycles. The Morgan fingerprint density at radius 3 is 2.40 bits per heavy atom. The van der Waals surface area contributed by atoms with Gasteiger partial charge in [-0.05, 0) is 36.4 Å². The van der Waals surface area contributed by atoms with E-state index in [1.165, 1.54) is 18.2 Å². The van der Waals surface area contributed by atoms with E-state index in [1.54, 1.807) is 18.6 Å². The van der Waals surface area contributed by atoms with Gasteiger partial charge in [-0.3, -0.25) is 14.5 Å². The molecule has 0 aliphatic rings. The smallest absolute Gasteiger partial charge is 0.137 e. The van der Waals surface area contributed by atoms with Crippen LogP contribution in [0, 0.1) is 11.6 Å². The predicted molar refractivity (Wildman–Crippen MR) is 116 cm³/mol. The highest BCUT2D eigenvalue weighted by Crippen LogP contribution is 2.34. The highest BCUT2D eigenvalue weighted by atomic mass is 35.5. The van der Waals surface area contributed by atoms with E-state index in [0.717, 1.165) is 22.6 Å². The lowest BCUT2D eigenvalue weighted by atomic mass is 10.0. The maximum absolute atomic E-state index is 14.3. The first kappa shape index (κ1) is 21.4. The Kier molecular flexibility index (Phi) is 6.14. The summed E-state index contributed by atoms with van der Waals surface area (Å²) in [6, 6.07) is 13.1. The molecule has 0 bridgehead atoms. The van der Waals surface area contributed by atoms with Gasteiger partial charge in [0.1, 0.15) is 23.0 Å². The number of pyridine rings is 2. The fourth-order valence-corrected chi connectivity index (χ4v) is 3.27. The van der Waals surface area contributed by atoms with Crippen LogP contribution in [0.15, 0.2) is 73.3 Å². The lowest BCUT2D eigenvalue weighted by molar-refractivity contribution is 0.588. The molecule has 1 aromatic carbocycles. The zero-order valence-electron chi connectivity index (χ0n) is 15.3. The van der Waals surface area contributed by atoms with Crippen molar-refractivity contribution in [2.24, 2.45) is 0 Å². The summed E-state index contributed by atoms with van der Waals surface area (Å²) in [5.41, 5.74) is 3.73. The molecule has 5 rings (SSSR count). The Balaban J connectivity index is 0.00000128. The van der Waals surface area contributed by atoms with Gasteiger partial charge in [0.25, 0.3) is 0 Å². The quantitative estimate of drug-likeness (QED) is 0.394. The third kappa shape index (κ3) is 3.53. The van der Waals surface area contributed by atoms with E-state index in [-0.39, 0.29) is 36.1 Å². The Bertz CT molecular complexity index is 1280. The number of aromatic nitrogens is 5. The highest BCUT2D eigenvalue weighted by molar-refractivity contribution is 5.85. The van der Waals surface area contributed by atoms with Crippen molar-refractivity contribution in [2.45, 2.75) is 0 Å². The van der Waals surface area contributed by atoms with Crippen LogP contribution in [0.4, 0.5) is 8.78 Å². The molecule has 0 fully saturated rings. The van der Waals surface area contributed by atoms with Crippen LogP contribution in [0.5, 0.6) is 0 Å². The van der Waals surface area contributed by atoms with E-state index in [1.807, 2.05) is 40.9 Å². The first-order chi connectivity index (χ1) is 13.7. The average Bonchev–Trinajstić information content (AvgIpc) is 3.35. The van der Waals surface area contributed by atoms with E-state index in [0.29, 0.717) is 5.56 Å². The van der Waals surface area contributed by atoms with Crippen LogP contribution >= 0.6 is 24.8 Å². The molecule has 0 spiro atoms. The third-order valence-corrected chi connectivity index (χ3v) is 4.58. The maximum Gasteiger partial charge on any atom is 0.137 e. The molecule has 0 aliphatic heterocycles. The molecule has 0 saturated heterocycles. The van der Waals surface area contributed by atoms with E-state index in [2.05, 4.69) is 20.2 Å². The van der Waals surface area contributed by atoms with Crippen LogP contribution in [0.1, 0.15) is 0 Å². The number of rotatable bonds is 3. The molecule has 0 unspecified atom stereocenters. The van der Waals surface area contributed by atoms with Gasteiger partial charge in [-0.2, -0.15) is 5.10 Å². The average molecular weight is 446 g/mol. The summed E-state index contributed by atoms with van der Waals surface area (Å²) >= 11 is 0. The Morgan fingerprint density at radius 2 is 1.67 bits per heavy atom. The Hall–Kier alpha value is -3.29. The number of halogens is 4. The number of hydrogen-bond donors (Lipinski definition) is 1. The number of aromatic amines is 1. The van der Waals surface area contributed by atoms with E-state index >= 15 is 0 Å². The van der Waals surface area contributed by atoms with Gasteiger partial charge in [-0.15, -0.1) is 24.8 Å². The molecule has 30 heavy (non-hydrogen) atoms. The lowest BCUT2D eigenvalue weighted by Gasteiger charge is -2.07. The molecule has 0 amide bonds. The highest BCUT2D eigenvalue weighted by Gasteiger charge is 2.19. The van der Waals surface area contributed by atoms with Crippen molar-refractivity contribution < 1.29 is 8.78 Å². The molecule has 5 nitrogen and oxygen atoms in total. The van der Waals surface area contributed by atoms with E-state index in [9.17, 15) is 8.78 Å². The lowest BCUT2D eigenvalue weighted by Crippen LogP contribution is -1.94. The molecule has 0 aliphatic carbocycles. The zero-order chi connectivity index (χ0) is 19.1. The molecular weight excluding hydrogens is 431 g/mol. The topological polar surface area (TPSA) is 58.9 Å². The number of nitrogens with zero attached hydrogens (tertiary/aromatic N) is 4. The molecule has 0 atom stereocenters. The van der Waals surface area contributed by atoms with E-state index < -0.39 is 11.6 Å². The summed E-state index contributed by atoms with van der Waals surface area (Å²) in [6.07, 6.45) is 6.95. The second-order valence-corrected chi connectivity index (χ2v) is 6.25. The number of H-pyrrole nitrogens is 1. The SMILES string of the molecule is Cl.Cl.Fc1cccc(F)c1-c1n[nH]cc1-c1ccc2ncc(-c3ccccn3)n2c1. The first-order valence-electron chi connectivity index (χ1n) is 8.59. The van der Waals surface area contributed by atoms with Crippen molar-refractivity contribution >= 4 is 30.5 Å². The van der Waals surface area contributed by atoms with Crippen molar-refractivity contribution in [3.63, 3.8) is 0 Å². The molecule has 4 aromatic heterocycles. The van der Waals surface area contributed by atoms with E-state index in [4.69, 9.17) is 0 Å². The van der Waals surface area contributed by atoms with Gasteiger partial charge >= 0.3 is 0 Å². The van der Waals surface area contributed by atoms with Crippen molar-refractivity contribution in [1.29, 1.82) is 0 Å². The van der Waals surface area contributed by atoms with Crippen LogP contribution in [-0.4, -0.2) is 24.6 Å². The normalized spacial score (nSPS) is 10.5. The van der Waals surface area contributed by atoms with Crippen molar-refractivity contribution in [2.75, 3.05) is 0 Å². The van der Waals surface area contributed by atoms with Crippen LogP contribution in [0.3, 0.4) is 0 Å². The van der Waals surface area contributed by atoms with Crippen LogP contribution in [0.2, 0.25) is 0 Å². The fraction of sp³-hybridized carbons (Fsp3) is 0. The van der Waals surface area contributed by atoms with Crippen molar-refractivity contribution in [3.8, 4) is 33.8 Å². The van der Waals surface area contributed by atoms with Gasteiger partial charge in [-0.25, -0.2) is 13.8 Å². The minimum absolute atomic E-state index is 0. The molecule has 0 radical (unpaired) electrons. The van der Waals surface area contributed by atoms with Gasteiger partial charge in [0.15, 0.2) is 0 Å². The minimum atomic E-state index is -0.661. The molecule has 152 valence electrons. The minimum Gasteiger partial charge on any atom is -0.298 e. The summed E-state index contributed by atoms with van der Waals surface area (Å²) < 4.78 is 30.5. The largest absolute Gasteiger partial charge is 0.298 e. The zero-order valence-corrected chi connectivity index (χ0v) is 16.9. The Morgan fingerprint density at radius 1 is 0.867 bits per heavy atom. The predicted octanol–water partition coefficient (Wildman–Crippen LogP) is 5.58. The number of fused-ring (bicyclic) bond motifs is 1. The summed E-state index contributed by atoms with van der Waals surface area (Å²) in [4.78, 5) is 8.78. The monoisotopic (exact) mass is 445 g/mol. The van der Waals surface area contributed by atoms with Crippen LogP contribution in [-0.2, 0) is 0 Å². The number of nitrogens with one attached hydrogen (secondary N) is 1. The third-order valence-electron chi connectivity index (χ3n) is 4.58. The fourth-order valence-electron chi connectivity index (χ4n) is 3.27. The van der Waals surface area contributed by atoms with Crippen LogP contribution < -0.4 is 0 Å². The maximum atomic E-state index is 14.3. The molecule has 1 N–H and O–H groups in total. The van der Waals surface area contributed by atoms with Crippen LogP contribution in [0.25, 0.3) is 39.4 Å².